The second-order valence-corrected chi connectivity index (χ2v) is 19.2. The number of aromatic amines is 1. The first-order valence-electron chi connectivity index (χ1n) is 15.6. The molecule has 5 aromatic rings. The molecular formula is C36H44N4O3SSi. The highest BCUT2D eigenvalue weighted by atomic mass is 32.2. The number of hydrogen-bond donors (Lipinski definition) is 2. The van der Waals surface area contributed by atoms with E-state index in [9.17, 15) is 8.42 Å². The molecule has 2 aromatic heterocycles. The zero-order chi connectivity index (χ0) is 32.2. The van der Waals surface area contributed by atoms with Gasteiger partial charge in [0, 0.05) is 18.7 Å². The highest BCUT2D eigenvalue weighted by molar-refractivity contribution is 7.89. The quantitative estimate of drug-likeness (QED) is 0.160. The molecule has 0 spiro atoms. The summed E-state index contributed by atoms with van der Waals surface area (Å²) in [6.07, 6.45) is 2.97. The Morgan fingerprint density at radius 3 is 2.04 bits per heavy atom. The Bertz CT molecular complexity index is 1780. The van der Waals surface area contributed by atoms with Gasteiger partial charge in [-0.1, -0.05) is 107 Å². The van der Waals surface area contributed by atoms with E-state index >= 15 is 0 Å². The molecule has 0 aliphatic rings. The van der Waals surface area contributed by atoms with Crippen LogP contribution in [-0.2, 0) is 20.9 Å². The SMILES string of the molecule is Cc1nc2ccnc(Cc3ccc(S(=O)(=O)N[C@H](CO[Si](c4ccccc4)(c4ccccc4)C(C)(C)C)CC(C)C)cc3)c2[nH]1. The van der Waals surface area contributed by atoms with E-state index in [0.717, 1.165) is 28.1 Å². The largest absolute Gasteiger partial charge is 0.406 e. The Hall–Kier alpha value is -3.63. The predicted octanol–water partition coefficient (Wildman–Crippen LogP) is 6.13. The Kier molecular flexibility index (Phi) is 9.74. The summed E-state index contributed by atoms with van der Waals surface area (Å²) >= 11 is 0. The van der Waals surface area contributed by atoms with Crippen LogP contribution in [0.25, 0.3) is 11.0 Å². The van der Waals surface area contributed by atoms with Crippen molar-refractivity contribution in [3.8, 4) is 0 Å². The Labute approximate surface area is 268 Å². The molecule has 45 heavy (non-hydrogen) atoms. The van der Waals surface area contributed by atoms with Crippen LogP contribution < -0.4 is 15.1 Å². The summed E-state index contributed by atoms with van der Waals surface area (Å²) in [6, 6.07) is 29.4. The summed E-state index contributed by atoms with van der Waals surface area (Å²) in [5.74, 6) is 1.10. The summed E-state index contributed by atoms with van der Waals surface area (Å²) < 4.78 is 37.6. The van der Waals surface area contributed by atoms with Gasteiger partial charge in [0.05, 0.1) is 28.2 Å². The molecule has 0 aliphatic heterocycles. The van der Waals surface area contributed by atoms with Gasteiger partial charge in [0.25, 0.3) is 8.32 Å². The Balaban J connectivity index is 1.39. The minimum atomic E-state index is -3.80. The van der Waals surface area contributed by atoms with Crippen LogP contribution in [0, 0.1) is 12.8 Å². The summed E-state index contributed by atoms with van der Waals surface area (Å²) in [7, 11) is -6.63. The van der Waals surface area contributed by atoms with Gasteiger partial charge in [0.1, 0.15) is 5.82 Å². The average molecular weight is 641 g/mol. The standard InChI is InChI=1S/C36H44N4O3SSi/c1-26(2)23-29(25-43-45(36(4,5)6,31-13-9-7-10-14-31)32-15-11-8-12-16-32)40-44(41,42)30-19-17-28(18-20-30)24-34-35-33(21-22-37-34)38-27(3)39-35/h7-22,26,29,40H,23-25H2,1-6H3,(H,38,39)/t29-/m0/s1. The molecule has 0 fully saturated rings. The molecule has 3 aromatic carbocycles. The minimum Gasteiger partial charge on any atom is -0.406 e. The minimum absolute atomic E-state index is 0.207. The van der Waals surface area contributed by atoms with Crippen molar-refractivity contribution in [1.29, 1.82) is 0 Å². The number of hydrogen-bond acceptors (Lipinski definition) is 5. The van der Waals surface area contributed by atoms with E-state index in [0.29, 0.717) is 12.8 Å². The molecule has 0 radical (unpaired) electrons. The molecule has 2 N–H and O–H groups in total. The smallest absolute Gasteiger partial charge is 0.261 e. The van der Waals surface area contributed by atoms with Crippen LogP contribution in [0.15, 0.2) is 102 Å². The number of aryl methyl sites for hydroxylation is 1. The van der Waals surface area contributed by atoms with Gasteiger partial charge in [-0.25, -0.2) is 18.1 Å². The fraction of sp³-hybridized carbons (Fsp3) is 0.333. The third kappa shape index (κ3) is 7.28. The number of pyridine rings is 1. The first kappa shape index (κ1) is 32.8. The molecule has 2 heterocycles. The van der Waals surface area contributed by atoms with Crippen molar-refractivity contribution in [2.75, 3.05) is 6.61 Å². The number of H-pyrrole nitrogens is 1. The Morgan fingerprint density at radius 1 is 0.889 bits per heavy atom. The highest BCUT2D eigenvalue weighted by Crippen LogP contribution is 2.37. The number of imidazole rings is 1. The summed E-state index contributed by atoms with van der Waals surface area (Å²) in [4.78, 5) is 12.6. The van der Waals surface area contributed by atoms with E-state index in [1.54, 1.807) is 18.3 Å². The fourth-order valence-electron chi connectivity index (χ4n) is 6.22. The predicted molar refractivity (Wildman–Crippen MR) is 185 cm³/mol. The van der Waals surface area contributed by atoms with Crippen LogP contribution in [-0.4, -0.2) is 44.3 Å². The van der Waals surface area contributed by atoms with E-state index in [1.165, 1.54) is 10.4 Å². The lowest BCUT2D eigenvalue weighted by atomic mass is 10.1. The molecule has 1 atom stereocenters. The Morgan fingerprint density at radius 2 is 1.49 bits per heavy atom. The second-order valence-electron chi connectivity index (χ2n) is 13.2. The number of nitrogens with zero attached hydrogens (tertiary/aromatic N) is 2. The molecular weight excluding hydrogens is 597 g/mol. The highest BCUT2D eigenvalue weighted by Gasteiger charge is 2.50. The number of fused-ring (bicyclic) bond motifs is 1. The third-order valence-electron chi connectivity index (χ3n) is 8.20. The van der Waals surface area contributed by atoms with E-state index in [1.807, 2.05) is 37.3 Å². The monoisotopic (exact) mass is 640 g/mol. The number of rotatable bonds is 12. The van der Waals surface area contributed by atoms with Crippen molar-refractivity contribution >= 4 is 39.7 Å². The van der Waals surface area contributed by atoms with Crippen LogP contribution in [0.2, 0.25) is 5.04 Å². The summed E-state index contributed by atoms with van der Waals surface area (Å²) in [5.41, 5.74) is 3.62. The van der Waals surface area contributed by atoms with E-state index in [4.69, 9.17) is 4.43 Å². The van der Waals surface area contributed by atoms with Crippen molar-refractivity contribution in [3.63, 3.8) is 0 Å². The zero-order valence-electron chi connectivity index (χ0n) is 27.0. The number of benzene rings is 3. The maximum absolute atomic E-state index is 13.8. The third-order valence-corrected chi connectivity index (χ3v) is 14.7. The zero-order valence-corrected chi connectivity index (χ0v) is 28.9. The van der Waals surface area contributed by atoms with Gasteiger partial charge < -0.3 is 9.41 Å². The van der Waals surface area contributed by atoms with Crippen molar-refractivity contribution < 1.29 is 12.8 Å². The summed E-state index contributed by atoms with van der Waals surface area (Å²) in [5, 5.41) is 2.13. The maximum Gasteiger partial charge on any atom is 0.261 e. The molecule has 5 rings (SSSR count). The molecule has 7 nitrogen and oxygen atoms in total. The van der Waals surface area contributed by atoms with Gasteiger partial charge in [-0.15, -0.1) is 0 Å². The van der Waals surface area contributed by atoms with Crippen LogP contribution in [0.3, 0.4) is 0 Å². The summed E-state index contributed by atoms with van der Waals surface area (Å²) in [6.45, 7) is 13.1. The molecule has 0 unspecified atom stereocenters. The van der Waals surface area contributed by atoms with Crippen LogP contribution in [0.4, 0.5) is 0 Å². The molecule has 0 saturated heterocycles. The van der Waals surface area contributed by atoms with Gasteiger partial charge in [-0.05, 0) is 58.4 Å². The topological polar surface area (TPSA) is 97.0 Å². The fourth-order valence-corrected chi connectivity index (χ4v) is 12.1. The molecule has 0 aliphatic carbocycles. The van der Waals surface area contributed by atoms with E-state index in [-0.39, 0.29) is 22.5 Å². The van der Waals surface area contributed by atoms with Crippen LogP contribution in [0.5, 0.6) is 0 Å². The normalized spacial score (nSPS) is 13.4. The van der Waals surface area contributed by atoms with Crippen LogP contribution >= 0.6 is 0 Å². The lowest BCUT2D eigenvalue weighted by Crippen LogP contribution is -2.67. The van der Waals surface area contributed by atoms with Gasteiger partial charge in [-0.2, -0.15) is 0 Å². The van der Waals surface area contributed by atoms with Crippen LogP contribution in [0.1, 0.15) is 58.1 Å². The van der Waals surface area contributed by atoms with Gasteiger partial charge in [-0.3, -0.25) is 4.98 Å². The van der Waals surface area contributed by atoms with E-state index < -0.39 is 24.4 Å². The van der Waals surface area contributed by atoms with Crippen molar-refractivity contribution in [3.05, 3.63) is 114 Å². The molecule has 0 saturated carbocycles. The van der Waals surface area contributed by atoms with Gasteiger partial charge in [0.2, 0.25) is 10.0 Å². The molecule has 236 valence electrons. The second kappa shape index (κ2) is 13.4. The first-order chi connectivity index (χ1) is 21.4. The van der Waals surface area contributed by atoms with E-state index in [2.05, 4.69) is 103 Å². The molecule has 0 bridgehead atoms. The van der Waals surface area contributed by atoms with Crippen molar-refractivity contribution in [1.82, 2.24) is 19.7 Å². The number of aromatic nitrogens is 3. The number of sulfonamides is 1. The van der Waals surface area contributed by atoms with Gasteiger partial charge in [0.15, 0.2) is 0 Å². The molecule has 0 amide bonds. The first-order valence-corrected chi connectivity index (χ1v) is 18.9. The average Bonchev–Trinajstić information content (AvgIpc) is 3.39. The van der Waals surface area contributed by atoms with Crippen molar-refractivity contribution in [2.45, 2.75) is 70.4 Å². The molecule has 9 heteroatoms. The van der Waals surface area contributed by atoms with Gasteiger partial charge >= 0.3 is 0 Å². The maximum atomic E-state index is 13.8. The lowest BCUT2D eigenvalue weighted by Gasteiger charge is -2.43. The van der Waals surface area contributed by atoms with Crippen molar-refractivity contribution in [2.24, 2.45) is 5.92 Å². The number of nitrogens with one attached hydrogen (secondary N) is 2. The lowest BCUT2D eigenvalue weighted by molar-refractivity contribution is 0.246.